The molecule has 0 heterocycles. The van der Waals surface area contributed by atoms with E-state index in [1.807, 2.05) is 0 Å². The number of hydrogen-bond acceptors (Lipinski definition) is 0. The second-order valence-corrected chi connectivity index (χ2v) is 6.65. The first-order valence-corrected chi connectivity index (χ1v) is 6.76. The molecule has 0 aliphatic carbocycles. The topological polar surface area (TPSA) is 0 Å². The maximum Gasteiger partial charge on any atom is 0.349 e. The lowest BCUT2D eigenvalue weighted by atomic mass is 9.98. The largest absolute Gasteiger partial charge is 0.349 e. The average molecular weight is 287 g/mol. The lowest BCUT2D eigenvalue weighted by molar-refractivity contribution is -0.557. The molecule has 13 heavy (non-hydrogen) atoms. The van der Waals surface area contributed by atoms with E-state index in [9.17, 15) is 0 Å². The predicted molar refractivity (Wildman–Crippen MR) is 53.7 cm³/mol. The molecule has 1 heteroatoms. The summed E-state index contributed by atoms with van der Waals surface area (Å²) in [7, 11) is 0. The molecule has 1 aromatic rings. The monoisotopic (exact) mass is 287 g/mol. The van der Waals surface area contributed by atoms with E-state index in [4.69, 9.17) is 0 Å². The minimum atomic E-state index is 0.0802. The fourth-order valence-electron chi connectivity index (χ4n) is 0.781. The molecule has 1 aromatic carbocycles. The highest BCUT2D eigenvalue weighted by molar-refractivity contribution is 4.99. The van der Waals surface area contributed by atoms with Crippen LogP contribution in [0.25, 0.3) is 0 Å². The molecule has 0 atom stereocenters. The number of benzene rings is 1. The second kappa shape index (κ2) is 4.80. The lowest BCUT2D eigenvalue weighted by Gasteiger charge is -2.07. The van der Waals surface area contributed by atoms with Crippen LogP contribution in [0.15, 0.2) is 40.5 Å². The van der Waals surface area contributed by atoms with E-state index in [0.717, 1.165) is 0 Å². The Morgan fingerprint density at radius 3 is 2.23 bits per heavy atom. The van der Waals surface area contributed by atoms with Crippen molar-refractivity contribution in [3.8, 4) is 0 Å². The SMILES string of the molecule is CC(C)(C)/C=C/[I+]c1ccccc1. The van der Waals surface area contributed by atoms with Gasteiger partial charge in [-0.15, -0.1) is 0 Å². The molecule has 0 aromatic heterocycles. The molecule has 0 unspecified atom stereocenters. The smallest absolute Gasteiger partial charge is 0.0619 e. The maximum atomic E-state index is 2.36. The van der Waals surface area contributed by atoms with Gasteiger partial charge in [-0.1, -0.05) is 39.0 Å². The lowest BCUT2D eigenvalue weighted by Crippen LogP contribution is -3.59. The van der Waals surface area contributed by atoms with Gasteiger partial charge in [-0.2, -0.15) is 0 Å². The molecule has 70 valence electrons. The third kappa shape index (κ3) is 5.09. The number of halogens is 1. The van der Waals surface area contributed by atoms with Gasteiger partial charge in [0, 0.05) is 0 Å². The summed E-state index contributed by atoms with van der Waals surface area (Å²) in [5.74, 6) is 0. The van der Waals surface area contributed by atoms with Crippen molar-refractivity contribution in [2.75, 3.05) is 0 Å². The van der Waals surface area contributed by atoms with Crippen LogP contribution in [0.1, 0.15) is 20.8 Å². The maximum absolute atomic E-state index is 2.36. The Morgan fingerprint density at radius 2 is 1.69 bits per heavy atom. The molecule has 0 radical (unpaired) electrons. The molecule has 0 spiro atoms. The summed E-state index contributed by atoms with van der Waals surface area (Å²) in [5.41, 5.74) is 0.328. The van der Waals surface area contributed by atoms with Crippen molar-refractivity contribution in [3.63, 3.8) is 0 Å². The molecular formula is C12H16I+. The minimum absolute atomic E-state index is 0.0802. The number of hydrogen-bond donors (Lipinski definition) is 0. The van der Waals surface area contributed by atoms with Crippen molar-refractivity contribution < 1.29 is 21.2 Å². The molecule has 0 aliphatic heterocycles. The Balaban J connectivity index is 2.49. The standard InChI is InChI=1S/C12H16I/c1-12(2,3)9-10-13-11-7-5-4-6-8-11/h4-10H,1-3H3/q+1/b10-9+. The zero-order valence-electron chi connectivity index (χ0n) is 8.42. The van der Waals surface area contributed by atoms with Gasteiger partial charge < -0.3 is 0 Å². The molecular weight excluding hydrogens is 271 g/mol. The fourth-order valence-corrected chi connectivity index (χ4v) is 3.28. The number of allylic oxidation sites excluding steroid dienone is 1. The molecule has 0 amide bonds. The third-order valence-electron chi connectivity index (χ3n) is 1.49. The first-order valence-electron chi connectivity index (χ1n) is 4.44. The summed E-state index contributed by atoms with van der Waals surface area (Å²) in [6, 6.07) is 10.7. The molecule has 0 saturated carbocycles. The van der Waals surface area contributed by atoms with Crippen molar-refractivity contribution in [1.29, 1.82) is 0 Å². The zero-order chi connectivity index (χ0) is 9.73. The van der Waals surface area contributed by atoms with Gasteiger partial charge in [0.1, 0.15) is 0 Å². The Labute approximate surface area is 91.3 Å². The van der Waals surface area contributed by atoms with Gasteiger partial charge in [-0.3, -0.25) is 0 Å². The highest BCUT2D eigenvalue weighted by Gasteiger charge is 2.09. The first-order chi connectivity index (χ1) is 6.08. The van der Waals surface area contributed by atoms with Gasteiger partial charge >= 0.3 is 21.2 Å². The van der Waals surface area contributed by atoms with E-state index in [1.54, 1.807) is 0 Å². The van der Waals surface area contributed by atoms with Gasteiger partial charge in [0.25, 0.3) is 0 Å². The van der Waals surface area contributed by atoms with Crippen LogP contribution in [0.4, 0.5) is 0 Å². The van der Waals surface area contributed by atoms with E-state index in [1.165, 1.54) is 3.57 Å². The minimum Gasteiger partial charge on any atom is -0.0619 e. The Morgan fingerprint density at radius 1 is 1.08 bits per heavy atom. The summed E-state index contributed by atoms with van der Waals surface area (Å²) in [4.78, 5) is 0. The first kappa shape index (κ1) is 10.8. The predicted octanol–water partition coefficient (Wildman–Crippen LogP) is 0.505. The van der Waals surface area contributed by atoms with E-state index in [0.29, 0.717) is 5.41 Å². The van der Waals surface area contributed by atoms with E-state index in [-0.39, 0.29) is 21.2 Å². The fraction of sp³-hybridized carbons (Fsp3) is 0.333. The molecule has 0 nitrogen and oxygen atoms in total. The quantitative estimate of drug-likeness (QED) is 0.695. The molecule has 0 aliphatic rings. The van der Waals surface area contributed by atoms with Crippen LogP contribution >= 0.6 is 0 Å². The van der Waals surface area contributed by atoms with Crippen LogP contribution in [0.2, 0.25) is 0 Å². The Hall–Kier alpha value is -0.310. The van der Waals surface area contributed by atoms with E-state index in [2.05, 4.69) is 61.3 Å². The van der Waals surface area contributed by atoms with E-state index < -0.39 is 0 Å². The van der Waals surface area contributed by atoms with Gasteiger partial charge in [-0.25, -0.2) is 0 Å². The summed E-state index contributed by atoms with van der Waals surface area (Å²) in [6.07, 6.45) is 2.31. The number of rotatable bonds is 2. The molecule has 0 bridgehead atoms. The van der Waals surface area contributed by atoms with Gasteiger partial charge in [0.15, 0.2) is 7.65 Å². The Kier molecular flexibility index (Phi) is 3.97. The Bertz CT molecular complexity index is 267. The van der Waals surface area contributed by atoms with Crippen LogP contribution in [0, 0.1) is 8.99 Å². The highest BCUT2D eigenvalue weighted by atomic mass is 127. The van der Waals surface area contributed by atoms with Crippen LogP contribution in [0.5, 0.6) is 0 Å². The molecule has 1 rings (SSSR count). The van der Waals surface area contributed by atoms with Crippen molar-refractivity contribution in [1.82, 2.24) is 0 Å². The van der Waals surface area contributed by atoms with Crippen molar-refractivity contribution in [2.24, 2.45) is 5.41 Å². The van der Waals surface area contributed by atoms with Crippen molar-refractivity contribution >= 4 is 0 Å². The van der Waals surface area contributed by atoms with Crippen molar-refractivity contribution in [2.45, 2.75) is 20.8 Å². The van der Waals surface area contributed by atoms with Crippen molar-refractivity contribution in [3.05, 3.63) is 44.1 Å². The summed E-state index contributed by atoms with van der Waals surface area (Å²) in [6.45, 7) is 6.70. The van der Waals surface area contributed by atoms with Crippen LogP contribution in [-0.4, -0.2) is 0 Å². The average Bonchev–Trinajstić information content (AvgIpc) is 2.04. The van der Waals surface area contributed by atoms with E-state index >= 15 is 0 Å². The summed E-state index contributed by atoms with van der Waals surface area (Å²) in [5, 5.41) is 0. The van der Waals surface area contributed by atoms with Crippen LogP contribution in [0.3, 0.4) is 0 Å². The van der Waals surface area contributed by atoms with Crippen LogP contribution < -0.4 is 21.2 Å². The van der Waals surface area contributed by atoms with Gasteiger partial charge in [0.2, 0.25) is 0 Å². The molecule has 0 fully saturated rings. The highest BCUT2D eigenvalue weighted by Crippen LogP contribution is 2.12. The second-order valence-electron chi connectivity index (χ2n) is 4.06. The van der Waals surface area contributed by atoms with Gasteiger partial charge in [0.05, 0.1) is 0 Å². The summed E-state index contributed by atoms with van der Waals surface area (Å²) < 4.78 is 3.84. The molecule has 0 N–H and O–H groups in total. The summed E-state index contributed by atoms with van der Waals surface area (Å²) >= 11 is 0.0802. The normalized spacial score (nSPS) is 12.2. The van der Waals surface area contributed by atoms with Gasteiger partial charge in [-0.05, 0) is 23.6 Å². The molecule has 0 saturated heterocycles. The zero-order valence-corrected chi connectivity index (χ0v) is 10.6. The third-order valence-corrected chi connectivity index (χ3v) is 3.64. The van der Waals surface area contributed by atoms with Crippen LogP contribution in [-0.2, 0) is 0 Å².